The first-order chi connectivity index (χ1) is 17.5. The normalized spacial score (nSPS) is 22.7. The zero-order valence-corrected chi connectivity index (χ0v) is 19.5. The van der Waals surface area contributed by atoms with Crippen molar-refractivity contribution < 1.29 is 14.3 Å². The van der Waals surface area contributed by atoms with E-state index < -0.39 is 0 Å². The van der Waals surface area contributed by atoms with E-state index in [4.69, 9.17) is 0 Å². The van der Waals surface area contributed by atoms with Crippen LogP contribution >= 0.6 is 0 Å². The Morgan fingerprint density at radius 1 is 1.06 bits per heavy atom. The lowest BCUT2D eigenvalue weighted by Gasteiger charge is -2.36. The van der Waals surface area contributed by atoms with Gasteiger partial charge in [-0.25, -0.2) is 14.4 Å². The number of rotatable bonds is 4. The summed E-state index contributed by atoms with van der Waals surface area (Å²) in [5, 5.41) is 16.6. The van der Waals surface area contributed by atoms with Crippen molar-refractivity contribution in [2.45, 2.75) is 25.5 Å². The highest BCUT2D eigenvalue weighted by Gasteiger charge is 2.41. The molecule has 2 bridgehead atoms. The number of amides is 1. The first-order valence-electron chi connectivity index (χ1n) is 12.3. The Labute approximate surface area is 206 Å². The molecule has 4 aromatic rings. The van der Waals surface area contributed by atoms with Gasteiger partial charge in [-0.3, -0.25) is 9.20 Å². The maximum absolute atomic E-state index is 13.6. The molecule has 2 aliphatic heterocycles. The van der Waals surface area contributed by atoms with Gasteiger partial charge in [-0.15, -0.1) is 0 Å². The van der Waals surface area contributed by atoms with Crippen molar-refractivity contribution in [1.82, 2.24) is 19.7 Å². The Balaban J connectivity index is 1.18. The van der Waals surface area contributed by atoms with Gasteiger partial charge in [-0.05, 0) is 42.7 Å². The third kappa shape index (κ3) is 3.34. The van der Waals surface area contributed by atoms with Crippen molar-refractivity contribution in [1.29, 1.82) is 0 Å². The number of anilines is 3. The number of aliphatic hydroxyl groups excluding tert-OH is 1. The Morgan fingerprint density at radius 3 is 2.67 bits per heavy atom. The smallest absolute Gasteiger partial charge is 0.254 e. The van der Waals surface area contributed by atoms with Gasteiger partial charge in [0.2, 0.25) is 0 Å². The van der Waals surface area contributed by atoms with E-state index in [1.54, 1.807) is 12.4 Å². The summed E-state index contributed by atoms with van der Waals surface area (Å²) in [7, 11) is 0. The fourth-order valence-corrected chi connectivity index (χ4v) is 6.04. The molecule has 1 amide bonds. The predicted molar refractivity (Wildman–Crippen MR) is 134 cm³/mol. The first-order valence-corrected chi connectivity index (χ1v) is 12.3. The average Bonchev–Trinajstić information content (AvgIpc) is 3.52. The van der Waals surface area contributed by atoms with Crippen LogP contribution in [0.3, 0.4) is 0 Å². The molecule has 1 aromatic carbocycles. The topological polar surface area (TPSA) is 94.8 Å². The number of carbonyl (C=O) groups excluding carboxylic acids is 1. The minimum absolute atomic E-state index is 0.145. The molecule has 1 saturated carbocycles. The van der Waals surface area contributed by atoms with E-state index >= 15 is 0 Å². The lowest BCUT2D eigenvalue weighted by atomic mass is 9.95. The van der Waals surface area contributed by atoms with E-state index in [0.29, 0.717) is 41.1 Å². The summed E-state index contributed by atoms with van der Waals surface area (Å²) >= 11 is 0. The molecule has 1 aliphatic carbocycles. The standard InChI is InChI=1S/C27H25FN6O2/c28-17-7-8-34-22(12-30-24(34)9-17)19-4-5-21(25-20(19)11-31-27(25)36)32-23-6-3-18(10-29-23)33-13-15-1-2-16(14-33)26(15)35/h3-10,12,15-16,26,35H,1-2,11,13-14H2,(H,29,32)(H,31,36)/t15-,16?,26?/m1/s1. The number of nitrogens with one attached hydrogen (secondary N) is 2. The second-order valence-electron chi connectivity index (χ2n) is 9.93. The summed E-state index contributed by atoms with van der Waals surface area (Å²) < 4.78 is 15.4. The van der Waals surface area contributed by atoms with Crippen molar-refractivity contribution in [2.24, 2.45) is 11.8 Å². The average molecular weight is 485 g/mol. The highest BCUT2D eigenvalue weighted by Crippen LogP contribution is 2.39. The van der Waals surface area contributed by atoms with E-state index in [2.05, 4.69) is 25.5 Å². The SMILES string of the molecule is O=C1NCc2c(-c3cnc4cc(F)ccn34)ccc(Nc3ccc(N4CC5CC[C@H](C4)C5O)cn3)c21. The second-order valence-corrected chi connectivity index (χ2v) is 9.93. The largest absolute Gasteiger partial charge is 0.392 e. The summed E-state index contributed by atoms with van der Waals surface area (Å²) in [6.07, 6.45) is 7.20. The van der Waals surface area contributed by atoms with Gasteiger partial charge < -0.3 is 20.6 Å². The Hall–Kier alpha value is -3.98. The first kappa shape index (κ1) is 21.3. The molecule has 2 fully saturated rings. The fourth-order valence-electron chi connectivity index (χ4n) is 6.04. The van der Waals surface area contributed by atoms with E-state index in [9.17, 15) is 14.3 Å². The highest BCUT2D eigenvalue weighted by atomic mass is 19.1. The van der Waals surface area contributed by atoms with Crippen LogP contribution in [0.4, 0.5) is 21.6 Å². The van der Waals surface area contributed by atoms with E-state index in [0.717, 1.165) is 48.4 Å². The molecule has 3 aliphatic rings. The zero-order valence-electron chi connectivity index (χ0n) is 19.5. The Morgan fingerprint density at radius 2 is 1.89 bits per heavy atom. The molecule has 3 aromatic heterocycles. The number of carbonyl (C=O) groups is 1. The van der Waals surface area contributed by atoms with Crippen LogP contribution in [0.2, 0.25) is 0 Å². The van der Waals surface area contributed by atoms with Crippen LogP contribution < -0.4 is 15.5 Å². The number of imidazole rings is 1. The molecule has 9 heteroatoms. The molecule has 8 nitrogen and oxygen atoms in total. The van der Waals surface area contributed by atoms with Crippen molar-refractivity contribution >= 4 is 28.7 Å². The molecule has 5 heterocycles. The lowest BCUT2D eigenvalue weighted by Crippen LogP contribution is -2.44. The molecule has 0 spiro atoms. The molecule has 3 N–H and O–H groups in total. The molecule has 182 valence electrons. The van der Waals surface area contributed by atoms with Gasteiger partial charge in [0.1, 0.15) is 17.3 Å². The summed E-state index contributed by atoms with van der Waals surface area (Å²) in [6, 6.07) is 10.6. The maximum Gasteiger partial charge on any atom is 0.254 e. The Kier molecular flexibility index (Phi) is 4.75. The molecular formula is C27H25FN6O2. The van der Waals surface area contributed by atoms with Crippen LogP contribution in [-0.2, 0) is 6.54 Å². The van der Waals surface area contributed by atoms with Gasteiger partial charge in [0.05, 0.1) is 41.1 Å². The van der Waals surface area contributed by atoms with Crippen LogP contribution in [0, 0.1) is 17.7 Å². The lowest BCUT2D eigenvalue weighted by molar-refractivity contribution is 0.0792. The van der Waals surface area contributed by atoms with Gasteiger partial charge in [0.15, 0.2) is 0 Å². The number of hydrogen-bond donors (Lipinski definition) is 3. The molecular weight excluding hydrogens is 459 g/mol. The molecule has 7 rings (SSSR count). The summed E-state index contributed by atoms with van der Waals surface area (Å²) in [6.45, 7) is 2.12. The monoisotopic (exact) mass is 484 g/mol. The number of piperidine rings is 1. The van der Waals surface area contributed by atoms with Crippen LogP contribution in [0.5, 0.6) is 0 Å². The maximum atomic E-state index is 13.6. The van der Waals surface area contributed by atoms with E-state index in [-0.39, 0.29) is 17.8 Å². The van der Waals surface area contributed by atoms with Crippen LogP contribution in [0.25, 0.3) is 16.9 Å². The number of nitrogens with zero attached hydrogens (tertiary/aromatic N) is 4. The predicted octanol–water partition coefficient (Wildman–Crippen LogP) is 3.73. The second kappa shape index (κ2) is 8.03. The van der Waals surface area contributed by atoms with E-state index in [1.807, 2.05) is 34.9 Å². The number of hydrogen-bond acceptors (Lipinski definition) is 6. The van der Waals surface area contributed by atoms with Crippen molar-refractivity contribution in [3.63, 3.8) is 0 Å². The minimum Gasteiger partial charge on any atom is -0.392 e. The Bertz CT molecular complexity index is 1490. The summed E-state index contributed by atoms with van der Waals surface area (Å²) in [5.74, 6) is 0.845. The van der Waals surface area contributed by atoms with Gasteiger partial charge in [0, 0.05) is 49.3 Å². The number of aromatic nitrogens is 3. The van der Waals surface area contributed by atoms with Crippen LogP contribution in [-0.4, -0.2) is 44.6 Å². The van der Waals surface area contributed by atoms with Gasteiger partial charge in [0.25, 0.3) is 5.91 Å². The van der Waals surface area contributed by atoms with Gasteiger partial charge in [-0.2, -0.15) is 0 Å². The number of halogens is 1. The molecule has 1 saturated heterocycles. The quantitative estimate of drug-likeness (QED) is 0.409. The number of benzene rings is 1. The third-order valence-electron chi connectivity index (χ3n) is 7.88. The fraction of sp³-hybridized carbons (Fsp3) is 0.296. The summed E-state index contributed by atoms with van der Waals surface area (Å²) in [4.78, 5) is 24.0. The number of pyridine rings is 2. The zero-order chi connectivity index (χ0) is 24.4. The molecule has 2 unspecified atom stereocenters. The molecule has 36 heavy (non-hydrogen) atoms. The summed E-state index contributed by atoms with van der Waals surface area (Å²) in [5.41, 5.74) is 5.37. The third-order valence-corrected chi connectivity index (χ3v) is 7.88. The van der Waals surface area contributed by atoms with Crippen molar-refractivity contribution in [2.75, 3.05) is 23.3 Å². The molecule has 0 radical (unpaired) electrons. The number of aliphatic hydroxyl groups is 1. The van der Waals surface area contributed by atoms with Gasteiger partial charge in [-0.1, -0.05) is 6.07 Å². The number of fused-ring (bicyclic) bond motifs is 4. The van der Waals surface area contributed by atoms with E-state index in [1.165, 1.54) is 12.1 Å². The van der Waals surface area contributed by atoms with Gasteiger partial charge >= 0.3 is 0 Å². The van der Waals surface area contributed by atoms with Crippen LogP contribution in [0.1, 0.15) is 28.8 Å². The minimum atomic E-state index is -0.343. The molecule has 3 atom stereocenters. The highest BCUT2D eigenvalue weighted by molar-refractivity contribution is 6.06. The van der Waals surface area contributed by atoms with Crippen LogP contribution in [0.15, 0.2) is 55.0 Å². The van der Waals surface area contributed by atoms with Crippen molar-refractivity contribution in [3.05, 3.63) is 71.9 Å². The van der Waals surface area contributed by atoms with Crippen molar-refractivity contribution in [3.8, 4) is 11.3 Å².